The van der Waals surface area contributed by atoms with E-state index in [1.165, 1.54) is 64.2 Å². The molecule has 1 aliphatic heterocycles. The van der Waals surface area contributed by atoms with E-state index >= 15 is 0 Å². The zero-order valence-electron chi connectivity index (χ0n) is 12.5. The van der Waals surface area contributed by atoms with Crippen LogP contribution in [-0.4, -0.2) is 23.4 Å². The summed E-state index contributed by atoms with van der Waals surface area (Å²) in [6.07, 6.45) is 13.4. The van der Waals surface area contributed by atoms with E-state index in [9.17, 15) is 4.79 Å². The minimum Gasteiger partial charge on any atom is -0.339 e. The normalized spacial score (nSPS) is 52.6. The molecule has 6 fully saturated rings. The summed E-state index contributed by atoms with van der Waals surface area (Å²) in [7, 11) is 0. The summed E-state index contributed by atoms with van der Waals surface area (Å²) in [6.45, 7) is 1.07. The number of amides is 1. The van der Waals surface area contributed by atoms with Crippen molar-refractivity contribution in [2.24, 2.45) is 29.1 Å². The summed E-state index contributed by atoms with van der Waals surface area (Å²) in [4.78, 5) is 15.8. The lowest BCUT2D eigenvalue weighted by atomic mass is 9.74. The zero-order valence-corrected chi connectivity index (χ0v) is 12.5. The molecule has 0 aromatic heterocycles. The molecule has 6 aliphatic rings. The maximum absolute atomic E-state index is 13.4. The van der Waals surface area contributed by atoms with Crippen molar-refractivity contribution >= 4 is 5.91 Å². The summed E-state index contributed by atoms with van der Waals surface area (Å²) in [5, 5.41) is 0. The second-order valence-corrected chi connectivity index (χ2v) is 8.51. The van der Waals surface area contributed by atoms with Gasteiger partial charge in [-0.25, -0.2) is 0 Å². The number of likely N-dealkylation sites (tertiary alicyclic amines) is 1. The van der Waals surface area contributed by atoms with Crippen LogP contribution in [0.3, 0.4) is 0 Å². The molecule has 2 heteroatoms. The average molecular weight is 273 g/mol. The van der Waals surface area contributed by atoms with Crippen molar-refractivity contribution in [1.29, 1.82) is 0 Å². The molecule has 110 valence electrons. The Labute approximate surface area is 122 Å². The van der Waals surface area contributed by atoms with E-state index in [2.05, 4.69) is 4.90 Å². The Hall–Kier alpha value is -0.530. The number of carbonyl (C=O) groups excluding carboxylic acids is 1. The van der Waals surface area contributed by atoms with Gasteiger partial charge in [-0.3, -0.25) is 4.79 Å². The summed E-state index contributed by atoms with van der Waals surface area (Å²) in [5.74, 6) is 4.08. The molecule has 2 nitrogen and oxygen atoms in total. The maximum Gasteiger partial charge on any atom is 0.229 e. The summed E-state index contributed by atoms with van der Waals surface area (Å²) < 4.78 is 0. The van der Waals surface area contributed by atoms with E-state index in [0.717, 1.165) is 30.2 Å². The number of hydrogen-bond donors (Lipinski definition) is 0. The number of rotatable bonds is 1. The highest BCUT2D eigenvalue weighted by molar-refractivity contribution is 5.85. The Balaban J connectivity index is 1.43. The molecule has 2 unspecified atom stereocenters. The van der Waals surface area contributed by atoms with Crippen molar-refractivity contribution in [2.45, 2.75) is 70.3 Å². The lowest BCUT2D eigenvalue weighted by Gasteiger charge is -2.47. The molecular formula is C18H27NO. The quantitative estimate of drug-likeness (QED) is 0.715. The van der Waals surface area contributed by atoms with Gasteiger partial charge in [-0.05, 0) is 75.0 Å². The van der Waals surface area contributed by atoms with Crippen LogP contribution in [0.2, 0.25) is 0 Å². The largest absolute Gasteiger partial charge is 0.339 e. The first-order valence-electron chi connectivity index (χ1n) is 9.09. The molecule has 4 atom stereocenters. The molecule has 1 amide bonds. The second-order valence-electron chi connectivity index (χ2n) is 8.51. The van der Waals surface area contributed by atoms with Gasteiger partial charge in [0, 0.05) is 12.6 Å². The number of nitrogens with zero attached hydrogens (tertiary/aromatic N) is 1. The first kappa shape index (κ1) is 12.1. The first-order valence-corrected chi connectivity index (χ1v) is 9.09. The molecule has 1 saturated heterocycles. The molecule has 1 heterocycles. The predicted octanol–water partition coefficient (Wildman–Crippen LogP) is 3.60. The number of piperidine rings is 1. The molecule has 20 heavy (non-hydrogen) atoms. The molecule has 0 N–H and O–H groups in total. The average Bonchev–Trinajstić information content (AvgIpc) is 3.20. The van der Waals surface area contributed by atoms with Crippen LogP contribution in [-0.2, 0) is 4.79 Å². The Morgan fingerprint density at radius 1 is 0.900 bits per heavy atom. The van der Waals surface area contributed by atoms with Crippen molar-refractivity contribution < 1.29 is 4.79 Å². The van der Waals surface area contributed by atoms with Crippen LogP contribution in [0.1, 0.15) is 64.2 Å². The third-order valence-corrected chi connectivity index (χ3v) is 7.81. The Kier molecular flexibility index (Phi) is 2.42. The van der Waals surface area contributed by atoms with Gasteiger partial charge in [0.05, 0.1) is 5.41 Å². The minimum absolute atomic E-state index is 0.134. The minimum atomic E-state index is 0.134. The van der Waals surface area contributed by atoms with E-state index in [4.69, 9.17) is 0 Å². The van der Waals surface area contributed by atoms with Crippen LogP contribution in [0, 0.1) is 29.1 Å². The van der Waals surface area contributed by atoms with Gasteiger partial charge in [0.15, 0.2) is 0 Å². The van der Waals surface area contributed by atoms with Crippen molar-refractivity contribution in [3.8, 4) is 0 Å². The van der Waals surface area contributed by atoms with Crippen LogP contribution in [0.15, 0.2) is 0 Å². The van der Waals surface area contributed by atoms with Gasteiger partial charge in [-0.2, -0.15) is 0 Å². The fraction of sp³-hybridized carbons (Fsp3) is 0.944. The van der Waals surface area contributed by atoms with E-state index in [1.54, 1.807) is 0 Å². The van der Waals surface area contributed by atoms with Crippen molar-refractivity contribution in [2.75, 3.05) is 6.54 Å². The molecule has 5 saturated carbocycles. The highest BCUT2D eigenvalue weighted by Gasteiger charge is 2.67. The first-order chi connectivity index (χ1) is 9.78. The van der Waals surface area contributed by atoms with Gasteiger partial charge in [0.1, 0.15) is 0 Å². The summed E-state index contributed by atoms with van der Waals surface area (Å²) in [5.41, 5.74) is 0.134. The second kappa shape index (κ2) is 4.01. The standard InChI is InChI=1S/C18H27NO/c20-17(18-10-13-8-15(18)9-14(13)11-18)19-7-3-5-12-4-1-2-6-16(12)19/h12-16H,1-11H2/t12-,13?,14?,15?,16+,18?/m1/s1. The lowest BCUT2D eigenvalue weighted by Crippen LogP contribution is -2.54. The van der Waals surface area contributed by atoms with Gasteiger partial charge < -0.3 is 4.90 Å². The Bertz CT molecular complexity index is 429. The fourth-order valence-corrected chi connectivity index (χ4v) is 7.03. The molecule has 0 aromatic carbocycles. The summed E-state index contributed by atoms with van der Waals surface area (Å²) in [6, 6.07) is 0.622. The molecule has 0 spiro atoms. The predicted molar refractivity (Wildman–Crippen MR) is 78.1 cm³/mol. The molecule has 0 aromatic rings. The van der Waals surface area contributed by atoms with E-state index < -0.39 is 0 Å². The number of fused-ring (bicyclic) bond motifs is 1. The SMILES string of the molecule is O=C(N1CCC[C@H]2CCCC[C@@H]21)C12CC3CC1CC3C2. The van der Waals surface area contributed by atoms with Crippen molar-refractivity contribution in [1.82, 2.24) is 4.90 Å². The Morgan fingerprint density at radius 3 is 2.30 bits per heavy atom. The van der Waals surface area contributed by atoms with Crippen molar-refractivity contribution in [3.05, 3.63) is 0 Å². The van der Waals surface area contributed by atoms with Crippen LogP contribution in [0.25, 0.3) is 0 Å². The van der Waals surface area contributed by atoms with Gasteiger partial charge >= 0.3 is 0 Å². The lowest BCUT2D eigenvalue weighted by molar-refractivity contribution is -0.149. The van der Waals surface area contributed by atoms with Crippen LogP contribution in [0.4, 0.5) is 0 Å². The van der Waals surface area contributed by atoms with Crippen LogP contribution in [0.5, 0.6) is 0 Å². The number of carbonyl (C=O) groups is 1. The fourth-order valence-electron chi connectivity index (χ4n) is 7.03. The summed E-state index contributed by atoms with van der Waals surface area (Å²) >= 11 is 0. The van der Waals surface area contributed by atoms with Crippen molar-refractivity contribution in [3.63, 3.8) is 0 Å². The van der Waals surface area contributed by atoms with E-state index in [1.807, 2.05) is 0 Å². The van der Waals surface area contributed by atoms with Gasteiger partial charge in [0.25, 0.3) is 0 Å². The smallest absolute Gasteiger partial charge is 0.229 e. The van der Waals surface area contributed by atoms with E-state index in [0.29, 0.717) is 11.9 Å². The highest BCUT2D eigenvalue weighted by Crippen LogP contribution is 2.70. The highest BCUT2D eigenvalue weighted by atomic mass is 16.2. The number of hydrogen-bond acceptors (Lipinski definition) is 1. The zero-order chi connectivity index (χ0) is 13.3. The molecular weight excluding hydrogens is 246 g/mol. The van der Waals surface area contributed by atoms with Crippen LogP contribution < -0.4 is 0 Å². The third-order valence-electron chi connectivity index (χ3n) is 7.81. The Morgan fingerprint density at radius 2 is 1.60 bits per heavy atom. The molecule has 6 rings (SSSR count). The third kappa shape index (κ3) is 1.39. The molecule has 0 radical (unpaired) electrons. The molecule has 5 aliphatic carbocycles. The van der Waals surface area contributed by atoms with Gasteiger partial charge in [-0.1, -0.05) is 12.8 Å². The van der Waals surface area contributed by atoms with E-state index in [-0.39, 0.29) is 5.41 Å². The van der Waals surface area contributed by atoms with Gasteiger partial charge in [-0.15, -0.1) is 0 Å². The van der Waals surface area contributed by atoms with Crippen LogP contribution >= 0.6 is 0 Å². The monoisotopic (exact) mass is 273 g/mol. The topological polar surface area (TPSA) is 20.3 Å². The molecule has 4 bridgehead atoms. The maximum atomic E-state index is 13.4. The van der Waals surface area contributed by atoms with Gasteiger partial charge in [0.2, 0.25) is 5.91 Å².